The standard InChI is InChI=1S/C21H20ClN3O4S/c1-27-13-20-24-25-21(30-20)23-19(26)10-6-14-5-9-17(18(11-14)28-2)29-12-15-3-7-16(22)8-4-15/h3-11H,12-13H2,1-2H3,(H,23,25,26)/b10-6+. The zero-order valence-corrected chi connectivity index (χ0v) is 18.0. The van der Waals surface area contributed by atoms with Gasteiger partial charge in [-0.2, -0.15) is 0 Å². The lowest BCUT2D eigenvalue weighted by molar-refractivity contribution is -0.111. The Morgan fingerprint density at radius 1 is 1.10 bits per heavy atom. The highest BCUT2D eigenvalue weighted by molar-refractivity contribution is 7.15. The molecule has 156 valence electrons. The minimum absolute atomic E-state index is 0.308. The first-order chi connectivity index (χ1) is 14.6. The Morgan fingerprint density at radius 3 is 2.63 bits per heavy atom. The Hall–Kier alpha value is -2.94. The molecule has 1 heterocycles. The summed E-state index contributed by atoms with van der Waals surface area (Å²) in [7, 11) is 3.14. The second kappa shape index (κ2) is 10.7. The molecule has 1 amide bonds. The Labute approximate surface area is 183 Å². The molecule has 0 spiro atoms. The number of halogens is 1. The van der Waals surface area contributed by atoms with E-state index in [1.54, 1.807) is 32.4 Å². The Kier molecular flexibility index (Phi) is 7.78. The van der Waals surface area contributed by atoms with Gasteiger partial charge in [-0.1, -0.05) is 41.1 Å². The first kappa shape index (κ1) is 21.8. The highest BCUT2D eigenvalue weighted by atomic mass is 35.5. The summed E-state index contributed by atoms with van der Waals surface area (Å²) in [5.41, 5.74) is 1.78. The number of anilines is 1. The van der Waals surface area contributed by atoms with E-state index in [1.807, 2.05) is 30.3 Å². The Bertz CT molecular complexity index is 1020. The molecular formula is C21H20ClN3O4S. The number of amides is 1. The summed E-state index contributed by atoms with van der Waals surface area (Å²) in [6.07, 6.45) is 3.10. The molecule has 0 fully saturated rings. The van der Waals surface area contributed by atoms with Crippen LogP contribution in [-0.4, -0.2) is 30.3 Å². The van der Waals surface area contributed by atoms with Crippen LogP contribution in [0.25, 0.3) is 6.08 Å². The summed E-state index contributed by atoms with van der Waals surface area (Å²) in [5, 5.41) is 12.3. The quantitative estimate of drug-likeness (QED) is 0.485. The van der Waals surface area contributed by atoms with Gasteiger partial charge in [-0.3, -0.25) is 10.1 Å². The number of aromatic nitrogens is 2. The van der Waals surface area contributed by atoms with Gasteiger partial charge in [0.2, 0.25) is 11.0 Å². The van der Waals surface area contributed by atoms with Crippen LogP contribution in [0.2, 0.25) is 5.02 Å². The first-order valence-corrected chi connectivity index (χ1v) is 10.1. The van der Waals surface area contributed by atoms with Gasteiger partial charge in [0.05, 0.1) is 7.11 Å². The molecule has 3 aromatic rings. The van der Waals surface area contributed by atoms with Gasteiger partial charge in [0.15, 0.2) is 11.5 Å². The number of hydrogen-bond donors (Lipinski definition) is 1. The molecule has 7 nitrogen and oxygen atoms in total. The van der Waals surface area contributed by atoms with Gasteiger partial charge in [-0.05, 0) is 41.5 Å². The zero-order valence-electron chi connectivity index (χ0n) is 16.4. The highest BCUT2D eigenvalue weighted by Gasteiger charge is 2.08. The van der Waals surface area contributed by atoms with E-state index in [9.17, 15) is 4.79 Å². The van der Waals surface area contributed by atoms with Crippen LogP contribution in [0.3, 0.4) is 0 Å². The van der Waals surface area contributed by atoms with Crippen molar-refractivity contribution in [2.24, 2.45) is 0 Å². The molecule has 3 rings (SSSR count). The van der Waals surface area contributed by atoms with Gasteiger partial charge >= 0.3 is 0 Å². The summed E-state index contributed by atoms with van der Waals surface area (Å²) < 4.78 is 16.2. The van der Waals surface area contributed by atoms with Crippen LogP contribution in [0.5, 0.6) is 11.5 Å². The van der Waals surface area contributed by atoms with E-state index in [0.29, 0.717) is 39.9 Å². The molecule has 0 radical (unpaired) electrons. The maximum absolute atomic E-state index is 12.1. The van der Waals surface area contributed by atoms with Crippen molar-refractivity contribution in [1.82, 2.24) is 10.2 Å². The van der Waals surface area contributed by atoms with Crippen molar-refractivity contribution < 1.29 is 19.0 Å². The third-order valence-electron chi connectivity index (χ3n) is 3.89. The fraction of sp³-hybridized carbons (Fsp3) is 0.190. The number of methoxy groups -OCH3 is 2. The van der Waals surface area contributed by atoms with Crippen molar-refractivity contribution in [1.29, 1.82) is 0 Å². The fourth-order valence-electron chi connectivity index (χ4n) is 2.45. The minimum Gasteiger partial charge on any atom is -0.493 e. The maximum atomic E-state index is 12.1. The summed E-state index contributed by atoms with van der Waals surface area (Å²) in [5.74, 6) is 0.866. The largest absolute Gasteiger partial charge is 0.493 e. The number of benzene rings is 2. The predicted molar refractivity (Wildman–Crippen MR) is 117 cm³/mol. The number of carbonyl (C=O) groups is 1. The van der Waals surface area contributed by atoms with Crippen molar-refractivity contribution in [2.75, 3.05) is 19.5 Å². The summed E-state index contributed by atoms with van der Waals surface area (Å²) in [4.78, 5) is 12.1. The van der Waals surface area contributed by atoms with Crippen LogP contribution >= 0.6 is 22.9 Å². The lowest BCUT2D eigenvalue weighted by Crippen LogP contribution is -2.07. The molecule has 0 saturated heterocycles. The molecular weight excluding hydrogens is 426 g/mol. The number of nitrogens with zero attached hydrogens (tertiary/aromatic N) is 2. The molecule has 1 aromatic heterocycles. The number of rotatable bonds is 9. The molecule has 0 aliphatic carbocycles. The number of carbonyl (C=O) groups excluding carboxylic acids is 1. The molecule has 2 aromatic carbocycles. The van der Waals surface area contributed by atoms with Crippen molar-refractivity contribution in [3.63, 3.8) is 0 Å². The average molecular weight is 446 g/mol. The van der Waals surface area contributed by atoms with Crippen LogP contribution in [0.15, 0.2) is 48.5 Å². The van der Waals surface area contributed by atoms with Gasteiger partial charge < -0.3 is 14.2 Å². The van der Waals surface area contributed by atoms with E-state index >= 15 is 0 Å². The van der Waals surface area contributed by atoms with Crippen molar-refractivity contribution in [3.05, 3.63) is 69.7 Å². The van der Waals surface area contributed by atoms with Crippen molar-refractivity contribution in [2.45, 2.75) is 13.2 Å². The molecule has 0 aliphatic heterocycles. The normalized spacial score (nSPS) is 10.9. The lowest BCUT2D eigenvalue weighted by Gasteiger charge is -2.11. The third-order valence-corrected chi connectivity index (χ3v) is 4.95. The van der Waals surface area contributed by atoms with Gasteiger partial charge in [-0.15, -0.1) is 10.2 Å². The molecule has 0 aliphatic rings. The molecule has 0 saturated carbocycles. The monoisotopic (exact) mass is 445 g/mol. The van der Waals surface area contributed by atoms with E-state index in [2.05, 4.69) is 15.5 Å². The van der Waals surface area contributed by atoms with Gasteiger partial charge in [0, 0.05) is 18.2 Å². The highest BCUT2D eigenvalue weighted by Crippen LogP contribution is 2.29. The predicted octanol–water partition coefficient (Wildman–Crippen LogP) is 4.58. The summed E-state index contributed by atoms with van der Waals surface area (Å²) in [6.45, 7) is 0.744. The molecule has 0 bridgehead atoms. The van der Waals surface area contributed by atoms with Gasteiger partial charge in [-0.25, -0.2) is 0 Å². The maximum Gasteiger partial charge on any atom is 0.250 e. The molecule has 0 atom stereocenters. The van der Waals surface area contributed by atoms with E-state index in [4.69, 9.17) is 25.8 Å². The number of nitrogens with one attached hydrogen (secondary N) is 1. The molecule has 9 heteroatoms. The molecule has 1 N–H and O–H groups in total. The zero-order chi connectivity index (χ0) is 21.3. The summed E-state index contributed by atoms with van der Waals surface area (Å²) >= 11 is 7.16. The second-order valence-corrected chi connectivity index (χ2v) is 7.58. The second-order valence-electron chi connectivity index (χ2n) is 6.08. The number of hydrogen-bond acceptors (Lipinski definition) is 7. The van der Waals surface area contributed by atoms with Crippen molar-refractivity contribution in [3.8, 4) is 11.5 Å². The van der Waals surface area contributed by atoms with Crippen LogP contribution in [0.4, 0.5) is 5.13 Å². The van der Waals surface area contributed by atoms with E-state index < -0.39 is 0 Å². The van der Waals surface area contributed by atoms with Crippen LogP contribution in [-0.2, 0) is 22.7 Å². The fourth-order valence-corrected chi connectivity index (χ4v) is 3.29. The lowest BCUT2D eigenvalue weighted by atomic mass is 10.2. The SMILES string of the molecule is COCc1nnc(NC(=O)/C=C/c2ccc(OCc3ccc(Cl)cc3)c(OC)c2)s1. The molecule has 30 heavy (non-hydrogen) atoms. The van der Waals surface area contributed by atoms with Crippen LogP contribution in [0, 0.1) is 0 Å². The van der Waals surface area contributed by atoms with E-state index in [1.165, 1.54) is 17.4 Å². The Morgan fingerprint density at radius 2 is 1.90 bits per heavy atom. The van der Waals surface area contributed by atoms with Crippen molar-refractivity contribution >= 4 is 40.1 Å². The van der Waals surface area contributed by atoms with Crippen LogP contribution in [0.1, 0.15) is 16.1 Å². The summed E-state index contributed by atoms with van der Waals surface area (Å²) in [6, 6.07) is 12.9. The minimum atomic E-state index is -0.308. The van der Waals surface area contributed by atoms with E-state index in [0.717, 1.165) is 11.1 Å². The first-order valence-electron chi connectivity index (χ1n) is 8.93. The average Bonchev–Trinajstić information content (AvgIpc) is 3.19. The number of ether oxygens (including phenoxy) is 3. The Balaban J connectivity index is 1.60. The van der Waals surface area contributed by atoms with Gasteiger partial charge in [0.1, 0.15) is 18.2 Å². The van der Waals surface area contributed by atoms with Gasteiger partial charge in [0.25, 0.3) is 0 Å². The topological polar surface area (TPSA) is 82.6 Å². The van der Waals surface area contributed by atoms with Crippen LogP contribution < -0.4 is 14.8 Å². The molecule has 0 unspecified atom stereocenters. The smallest absolute Gasteiger partial charge is 0.250 e. The third kappa shape index (κ3) is 6.28. The van der Waals surface area contributed by atoms with E-state index in [-0.39, 0.29) is 5.91 Å².